The molecule has 0 atom stereocenters. The van der Waals surface area contributed by atoms with Crippen LogP contribution < -0.4 is 10.2 Å². The van der Waals surface area contributed by atoms with Crippen molar-refractivity contribution in [2.45, 2.75) is 18.4 Å². The summed E-state index contributed by atoms with van der Waals surface area (Å²) in [6.07, 6.45) is 2.92. The van der Waals surface area contributed by atoms with E-state index in [-0.39, 0.29) is 43.1 Å². The van der Waals surface area contributed by atoms with E-state index in [0.717, 1.165) is 66.1 Å². The van der Waals surface area contributed by atoms with Gasteiger partial charge in [0.1, 0.15) is 5.65 Å². The van der Waals surface area contributed by atoms with Crippen LogP contribution in [0, 0.1) is 6.92 Å². The highest BCUT2D eigenvalue weighted by Gasteiger charge is 2.22. The van der Waals surface area contributed by atoms with Crippen LogP contribution in [0.2, 0.25) is 0 Å². The van der Waals surface area contributed by atoms with Crippen molar-refractivity contribution >= 4 is 72.3 Å². The second-order valence-corrected chi connectivity index (χ2v) is 9.09. The number of nitrogens with zero attached hydrogens (tertiary/aromatic N) is 4. The number of halogens is 3. The third-order valence-corrected chi connectivity index (χ3v) is 7.01. The number of thioether (sulfide) groups is 1. The molecule has 6 nitrogen and oxygen atoms in total. The number of benzene rings is 1. The summed E-state index contributed by atoms with van der Waals surface area (Å²) in [5, 5.41) is 4.15. The van der Waals surface area contributed by atoms with Crippen LogP contribution in [-0.2, 0) is 4.79 Å². The highest BCUT2D eigenvalue weighted by atomic mass is 35.5. The summed E-state index contributed by atoms with van der Waals surface area (Å²) in [6.45, 7) is 7.94. The molecule has 1 saturated heterocycles. The third kappa shape index (κ3) is 6.01. The number of piperazine rings is 1. The molecule has 0 bridgehead atoms. The van der Waals surface area contributed by atoms with Gasteiger partial charge in [0.15, 0.2) is 0 Å². The van der Waals surface area contributed by atoms with Crippen molar-refractivity contribution in [1.29, 1.82) is 0 Å². The van der Waals surface area contributed by atoms with Gasteiger partial charge in [-0.2, -0.15) is 0 Å². The number of carbonyl (C=O) groups is 1. The Hall–Kier alpha value is -1.90. The van der Waals surface area contributed by atoms with E-state index >= 15 is 0 Å². The lowest BCUT2D eigenvalue weighted by atomic mass is 10.2. The van der Waals surface area contributed by atoms with Crippen LogP contribution >= 0.6 is 49.0 Å². The normalized spacial score (nSPS) is 15.0. The van der Waals surface area contributed by atoms with Crippen LogP contribution in [0.1, 0.15) is 17.8 Å². The first kappa shape index (κ1) is 28.3. The van der Waals surface area contributed by atoms with Crippen molar-refractivity contribution < 1.29 is 4.79 Å². The van der Waals surface area contributed by atoms with E-state index in [2.05, 4.69) is 54.8 Å². The molecule has 5 rings (SSSR count). The number of hydrogen-bond acceptors (Lipinski definition) is 5. The molecule has 2 aliphatic rings. The first-order chi connectivity index (χ1) is 15.2. The van der Waals surface area contributed by atoms with Gasteiger partial charge in [0.05, 0.1) is 21.3 Å². The number of nitrogens with one attached hydrogen (secondary N) is 1. The lowest BCUT2D eigenvalue weighted by Crippen LogP contribution is -2.47. The Balaban J connectivity index is 0.00000136. The Morgan fingerprint density at radius 1 is 1.00 bits per heavy atom. The highest BCUT2D eigenvalue weighted by Crippen LogP contribution is 2.35. The summed E-state index contributed by atoms with van der Waals surface area (Å²) in [5.74, 6) is 0.00255. The quantitative estimate of drug-likeness (QED) is 0.458. The van der Waals surface area contributed by atoms with Crippen LogP contribution in [0.4, 0.5) is 5.69 Å². The number of aromatic nitrogens is 2. The van der Waals surface area contributed by atoms with E-state index in [9.17, 15) is 4.79 Å². The van der Waals surface area contributed by atoms with Gasteiger partial charge >= 0.3 is 0 Å². The van der Waals surface area contributed by atoms with Crippen LogP contribution in [0.5, 0.6) is 0 Å². The number of amides is 1. The SMILES string of the molecule is Cc1nc2cccc3n2c1C=C(C(=O)NCCCN1CCN(c2ccccc2)CC1)S3.Cl.Cl.Cl. The van der Waals surface area contributed by atoms with E-state index in [0.29, 0.717) is 6.54 Å². The second kappa shape index (κ2) is 12.7. The van der Waals surface area contributed by atoms with Gasteiger partial charge in [0.25, 0.3) is 5.91 Å². The molecule has 2 aliphatic heterocycles. The number of para-hydroxylation sites is 1. The topological polar surface area (TPSA) is 52.9 Å². The molecule has 0 radical (unpaired) electrons. The molecule has 1 N–H and O–H groups in total. The monoisotopic (exact) mass is 541 g/mol. The van der Waals surface area contributed by atoms with Crippen molar-refractivity contribution in [2.75, 3.05) is 44.2 Å². The smallest absolute Gasteiger partial charge is 0.258 e. The number of carbonyl (C=O) groups excluding carboxylic acids is 1. The lowest BCUT2D eigenvalue weighted by Gasteiger charge is -2.36. The van der Waals surface area contributed by atoms with Gasteiger partial charge in [0.2, 0.25) is 0 Å². The molecular weight excluding hydrogens is 513 g/mol. The second-order valence-electron chi connectivity index (χ2n) is 8.02. The van der Waals surface area contributed by atoms with Crippen molar-refractivity contribution in [2.24, 2.45) is 0 Å². The van der Waals surface area contributed by atoms with E-state index in [4.69, 9.17) is 0 Å². The van der Waals surface area contributed by atoms with E-state index < -0.39 is 0 Å². The molecule has 1 fully saturated rings. The first-order valence-corrected chi connectivity index (χ1v) is 11.7. The first-order valence-electron chi connectivity index (χ1n) is 10.9. The molecule has 0 unspecified atom stereocenters. The Morgan fingerprint density at radius 3 is 2.47 bits per heavy atom. The number of hydrogen-bond donors (Lipinski definition) is 1. The molecule has 3 aromatic rings. The number of pyridine rings is 1. The summed E-state index contributed by atoms with van der Waals surface area (Å²) < 4.78 is 2.12. The molecule has 1 amide bonds. The van der Waals surface area contributed by atoms with Crippen molar-refractivity contribution in [3.05, 3.63) is 64.8 Å². The van der Waals surface area contributed by atoms with Crippen LogP contribution in [0.15, 0.2) is 58.5 Å². The fourth-order valence-electron chi connectivity index (χ4n) is 4.29. The Morgan fingerprint density at radius 2 is 1.74 bits per heavy atom. The molecule has 0 aliphatic carbocycles. The predicted molar refractivity (Wildman–Crippen MR) is 148 cm³/mol. The number of aryl methyl sites for hydroxylation is 1. The lowest BCUT2D eigenvalue weighted by molar-refractivity contribution is -0.116. The largest absolute Gasteiger partial charge is 0.369 e. The molecular formula is C24H30Cl3N5OS. The van der Waals surface area contributed by atoms with Gasteiger partial charge in [-0.3, -0.25) is 14.1 Å². The van der Waals surface area contributed by atoms with Crippen LogP contribution in [-0.4, -0.2) is 59.5 Å². The minimum Gasteiger partial charge on any atom is -0.369 e. The number of imidazole rings is 1. The van der Waals surface area contributed by atoms with Gasteiger partial charge in [-0.25, -0.2) is 4.98 Å². The molecule has 0 saturated carbocycles. The van der Waals surface area contributed by atoms with Crippen LogP contribution in [0.3, 0.4) is 0 Å². The van der Waals surface area contributed by atoms with E-state index in [1.54, 1.807) is 0 Å². The summed E-state index contributed by atoms with van der Waals surface area (Å²) in [4.78, 5) is 23.0. The van der Waals surface area contributed by atoms with Crippen LogP contribution in [0.25, 0.3) is 11.7 Å². The van der Waals surface area contributed by atoms with Crippen molar-refractivity contribution in [3.8, 4) is 0 Å². The minimum atomic E-state index is 0. The maximum absolute atomic E-state index is 12.8. The average molecular weight is 543 g/mol. The zero-order valence-corrected chi connectivity index (χ0v) is 22.2. The highest BCUT2D eigenvalue weighted by molar-refractivity contribution is 8.04. The maximum Gasteiger partial charge on any atom is 0.258 e. The van der Waals surface area contributed by atoms with Gasteiger partial charge in [-0.15, -0.1) is 37.2 Å². The zero-order valence-electron chi connectivity index (χ0n) is 19.0. The Bertz CT molecular complexity index is 1130. The van der Waals surface area contributed by atoms with E-state index in [1.807, 2.05) is 31.2 Å². The zero-order chi connectivity index (χ0) is 21.2. The Kier molecular flexibility index (Phi) is 10.6. The number of rotatable bonds is 6. The molecule has 10 heteroatoms. The third-order valence-electron chi connectivity index (χ3n) is 5.96. The summed E-state index contributed by atoms with van der Waals surface area (Å²) in [6, 6.07) is 16.6. The minimum absolute atomic E-state index is 0. The van der Waals surface area contributed by atoms with Crippen molar-refractivity contribution in [3.63, 3.8) is 0 Å². The summed E-state index contributed by atoms with van der Waals surface area (Å²) in [7, 11) is 0. The summed E-state index contributed by atoms with van der Waals surface area (Å²) >= 11 is 1.51. The predicted octanol–water partition coefficient (Wildman–Crippen LogP) is 4.68. The fourth-order valence-corrected chi connectivity index (χ4v) is 5.28. The molecule has 1 aromatic carbocycles. The van der Waals surface area contributed by atoms with Gasteiger partial charge in [-0.1, -0.05) is 36.0 Å². The van der Waals surface area contributed by atoms with Gasteiger partial charge in [-0.05, 0) is 50.2 Å². The molecule has 0 spiro atoms. The molecule has 4 heterocycles. The van der Waals surface area contributed by atoms with E-state index in [1.165, 1.54) is 17.4 Å². The van der Waals surface area contributed by atoms with Gasteiger partial charge < -0.3 is 10.2 Å². The molecule has 2 aromatic heterocycles. The molecule has 34 heavy (non-hydrogen) atoms. The Labute approximate surface area is 223 Å². The fraction of sp³-hybridized carbons (Fsp3) is 0.333. The number of anilines is 1. The molecule has 184 valence electrons. The summed E-state index contributed by atoms with van der Waals surface area (Å²) in [5.41, 5.74) is 4.19. The maximum atomic E-state index is 12.8. The van der Waals surface area contributed by atoms with Gasteiger partial charge in [0, 0.05) is 38.4 Å². The standard InChI is InChI=1S/C24H27N5OS.3ClH/c1-18-20-17-21(31-23-10-5-9-22(26-18)29(20)23)24(30)25-11-6-12-27-13-15-28(16-14-27)19-7-3-2-4-8-19;;;/h2-5,7-10,17H,6,11-16H2,1H3,(H,25,30);3*1H. The van der Waals surface area contributed by atoms with Crippen molar-refractivity contribution in [1.82, 2.24) is 19.6 Å². The average Bonchev–Trinajstić information content (AvgIpc) is 3.14.